The maximum absolute atomic E-state index is 14.1. The summed E-state index contributed by atoms with van der Waals surface area (Å²) in [4.78, 5) is 0. The lowest BCUT2D eigenvalue weighted by Gasteiger charge is -2.32. The molecule has 3 nitrogen and oxygen atoms in total. The summed E-state index contributed by atoms with van der Waals surface area (Å²) in [6.07, 6.45) is 1.45. The minimum Gasteiger partial charge on any atom is -0.399 e. The third kappa shape index (κ3) is 2.08. The summed E-state index contributed by atoms with van der Waals surface area (Å²) in [7, 11) is -0.734. The Bertz CT molecular complexity index is 536. The van der Waals surface area contributed by atoms with Crippen molar-refractivity contribution < 1.29 is 18.8 Å². The first kappa shape index (κ1) is 14.0. The molecule has 0 aromatic heterocycles. The molecule has 0 bridgehead atoms. The van der Waals surface area contributed by atoms with E-state index in [2.05, 4.69) is 0 Å². The highest BCUT2D eigenvalue weighted by Gasteiger charge is 2.53. The quantitative estimate of drug-likeness (QED) is 0.842. The van der Waals surface area contributed by atoms with E-state index in [0.29, 0.717) is 5.46 Å². The fourth-order valence-electron chi connectivity index (χ4n) is 2.39. The Labute approximate surface area is 119 Å². The average Bonchev–Trinajstić information content (AvgIpc) is 3.02. The Morgan fingerprint density at radius 1 is 1.10 bits per heavy atom. The number of benzene rings is 1. The van der Waals surface area contributed by atoms with Gasteiger partial charge in [-0.1, -0.05) is 12.1 Å². The molecule has 1 saturated heterocycles. The smallest absolute Gasteiger partial charge is 0.399 e. The first-order valence-electron chi connectivity index (χ1n) is 7.03. The van der Waals surface area contributed by atoms with Gasteiger partial charge < -0.3 is 14.4 Å². The van der Waals surface area contributed by atoms with E-state index in [-0.39, 0.29) is 5.82 Å². The summed E-state index contributed by atoms with van der Waals surface area (Å²) in [5.41, 5.74) is -0.690. The van der Waals surface area contributed by atoms with Crippen LogP contribution < -0.4 is 5.46 Å². The highest BCUT2D eigenvalue weighted by molar-refractivity contribution is 6.62. The number of rotatable bonds is 2. The summed E-state index contributed by atoms with van der Waals surface area (Å²) in [5, 5.41) is 10.2. The van der Waals surface area contributed by atoms with Gasteiger partial charge in [0.15, 0.2) is 0 Å². The van der Waals surface area contributed by atoms with Gasteiger partial charge in [-0.3, -0.25) is 0 Å². The van der Waals surface area contributed by atoms with E-state index in [9.17, 15) is 9.50 Å². The van der Waals surface area contributed by atoms with Gasteiger partial charge in [0.1, 0.15) is 5.82 Å². The predicted octanol–water partition coefficient (Wildman–Crippen LogP) is 2.11. The molecule has 20 heavy (non-hydrogen) atoms. The number of aliphatic hydroxyl groups is 1. The standard InChI is InChI=1S/C15H20BFO3/c1-13(2)14(3,4)20-16(19-13)11-9-10(5-6-12(11)17)15(18)7-8-15/h5-6,9,18H,7-8H2,1-4H3. The third-order valence-electron chi connectivity index (χ3n) is 4.76. The van der Waals surface area contributed by atoms with Crippen LogP contribution in [0, 0.1) is 5.82 Å². The molecule has 1 aliphatic heterocycles. The van der Waals surface area contributed by atoms with Crippen molar-refractivity contribution >= 4 is 12.6 Å². The van der Waals surface area contributed by atoms with Gasteiger partial charge in [-0.15, -0.1) is 0 Å². The fraction of sp³-hybridized carbons (Fsp3) is 0.600. The number of hydrogen-bond acceptors (Lipinski definition) is 3. The minimum atomic E-state index is -0.786. The van der Waals surface area contributed by atoms with Crippen LogP contribution in [0.4, 0.5) is 4.39 Å². The van der Waals surface area contributed by atoms with Crippen LogP contribution in [0.1, 0.15) is 46.1 Å². The molecule has 0 unspecified atom stereocenters. The molecule has 1 heterocycles. The zero-order chi connectivity index (χ0) is 14.8. The fourth-order valence-corrected chi connectivity index (χ4v) is 2.39. The van der Waals surface area contributed by atoms with Crippen LogP contribution in [-0.4, -0.2) is 23.4 Å². The second kappa shape index (κ2) is 4.06. The molecule has 1 aliphatic carbocycles. The SMILES string of the molecule is CC1(C)OB(c2cc(C3(O)CC3)ccc2F)OC1(C)C. The van der Waals surface area contributed by atoms with Crippen LogP contribution in [0.25, 0.3) is 0 Å². The maximum atomic E-state index is 14.1. The first-order valence-corrected chi connectivity index (χ1v) is 7.03. The average molecular weight is 278 g/mol. The van der Waals surface area contributed by atoms with E-state index >= 15 is 0 Å². The Kier molecular flexibility index (Phi) is 2.85. The molecule has 0 atom stereocenters. The topological polar surface area (TPSA) is 38.7 Å². The zero-order valence-electron chi connectivity index (χ0n) is 12.4. The monoisotopic (exact) mass is 278 g/mol. The Morgan fingerprint density at radius 2 is 1.65 bits per heavy atom. The van der Waals surface area contributed by atoms with Gasteiger partial charge in [0, 0.05) is 5.46 Å². The van der Waals surface area contributed by atoms with Gasteiger partial charge in [0.05, 0.1) is 16.8 Å². The van der Waals surface area contributed by atoms with Crippen molar-refractivity contribution in [2.75, 3.05) is 0 Å². The predicted molar refractivity (Wildman–Crippen MR) is 75.2 cm³/mol. The molecule has 1 saturated carbocycles. The van der Waals surface area contributed by atoms with Crippen molar-refractivity contribution in [3.63, 3.8) is 0 Å². The number of hydrogen-bond donors (Lipinski definition) is 1. The molecule has 1 aromatic carbocycles. The Hall–Kier alpha value is -0.905. The van der Waals surface area contributed by atoms with E-state index in [0.717, 1.165) is 18.4 Å². The molecule has 5 heteroatoms. The largest absolute Gasteiger partial charge is 0.497 e. The number of halogens is 1. The molecule has 2 aliphatic rings. The summed E-state index contributed by atoms with van der Waals surface area (Å²) in [5.74, 6) is -0.364. The van der Waals surface area contributed by atoms with Crippen molar-refractivity contribution in [2.45, 2.75) is 57.3 Å². The van der Waals surface area contributed by atoms with Crippen molar-refractivity contribution in [2.24, 2.45) is 0 Å². The van der Waals surface area contributed by atoms with Crippen LogP contribution in [0.15, 0.2) is 18.2 Å². The van der Waals surface area contributed by atoms with Crippen molar-refractivity contribution in [3.05, 3.63) is 29.6 Å². The lowest BCUT2D eigenvalue weighted by Crippen LogP contribution is -2.41. The second-order valence-corrected chi connectivity index (χ2v) is 6.86. The van der Waals surface area contributed by atoms with E-state index in [1.165, 1.54) is 6.07 Å². The molecule has 0 spiro atoms. The van der Waals surface area contributed by atoms with E-state index in [1.807, 2.05) is 27.7 Å². The van der Waals surface area contributed by atoms with Crippen molar-refractivity contribution in [1.82, 2.24) is 0 Å². The molecule has 0 radical (unpaired) electrons. The van der Waals surface area contributed by atoms with Gasteiger partial charge in [-0.05, 0) is 52.2 Å². The molecule has 1 N–H and O–H groups in total. The summed E-state index contributed by atoms with van der Waals surface area (Å²) >= 11 is 0. The van der Waals surface area contributed by atoms with Gasteiger partial charge >= 0.3 is 7.12 Å². The highest BCUT2D eigenvalue weighted by Crippen LogP contribution is 2.45. The first-order chi connectivity index (χ1) is 9.15. The molecule has 1 aromatic rings. The lowest BCUT2D eigenvalue weighted by molar-refractivity contribution is 0.00578. The van der Waals surface area contributed by atoms with Crippen LogP contribution >= 0.6 is 0 Å². The molecular weight excluding hydrogens is 258 g/mol. The van der Waals surface area contributed by atoms with E-state index in [4.69, 9.17) is 9.31 Å². The summed E-state index contributed by atoms with van der Waals surface area (Å²) in [6.45, 7) is 7.73. The van der Waals surface area contributed by atoms with Crippen LogP contribution in [0.2, 0.25) is 0 Å². The molecule has 3 rings (SSSR count). The minimum absolute atomic E-state index is 0.362. The second-order valence-electron chi connectivity index (χ2n) is 6.86. The summed E-state index contributed by atoms with van der Waals surface area (Å²) < 4.78 is 25.8. The van der Waals surface area contributed by atoms with Gasteiger partial charge in [0.2, 0.25) is 0 Å². The Balaban J connectivity index is 1.95. The van der Waals surface area contributed by atoms with Crippen molar-refractivity contribution in [3.8, 4) is 0 Å². The zero-order valence-corrected chi connectivity index (χ0v) is 12.4. The van der Waals surface area contributed by atoms with E-state index < -0.39 is 23.9 Å². The van der Waals surface area contributed by atoms with Crippen LogP contribution in [0.5, 0.6) is 0 Å². The van der Waals surface area contributed by atoms with E-state index in [1.54, 1.807) is 12.1 Å². The van der Waals surface area contributed by atoms with Crippen molar-refractivity contribution in [1.29, 1.82) is 0 Å². The van der Waals surface area contributed by atoms with Gasteiger partial charge in [-0.2, -0.15) is 0 Å². The molecule has 108 valence electrons. The maximum Gasteiger partial charge on any atom is 0.497 e. The van der Waals surface area contributed by atoms with Crippen LogP contribution in [-0.2, 0) is 14.9 Å². The molecule has 0 amide bonds. The van der Waals surface area contributed by atoms with Crippen LogP contribution in [0.3, 0.4) is 0 Å². The highest BCUT2D eigenvalue weighted by atomic mass is 19.1. The molecule has 2 fully saturated rings. The third-order valence-corrected chi connectivity index (χ3v) is 4.76. The van der Waals surface area contributed by atoms with Gasteiger partial charge in [-0.25, -0.2) is 4.39 Å². The lowest BCUT2D eigenvalue weighted by atomic mass is 9.77. The molecular formula is C15H20BFO3. The normalized spacial score (nSPS) is 25.8. The van der Waals surface area contributed by atoms with Gasteiger partial charge in [0.25, 0.3) is 0 Å². The Morgan fingerprint density at radius 3 is 2.15 bits per heavy atom. The summed E-state index contributed by atoms with van der Waals surface area (Å²) in [6, 6.07) is 4.69.